The van der Waals surface area contributed by atoms with Crippen LogP contribution in [0.15, 0.2) is 5.03 Å². The van der Waals surface area contributed by atoms with E-state index in [4.69, 9.17) is 9.47 Å². The molecule has 3 rings (SSSR count). The maximum atomic E-state index is 12.3. The Morgan fingerprint density at radius 3 is 2.62 bits per heavy atom. The van der Waals surface area contributed by atoms with Crippen molar-refractivity contribution in [3.05, 3.63) is 0 Å². The van der Waals surface area contributed by atoms with Gasteiger partial charge in [-0.05, 0) is 33.6 Å². The number of carbonyl (C=O) groups is 1. The van der Waals surface area contributed by atoms with E-state index in [-0.39, 0.29) is 40.8 Å². The predicted molar refractivity (Wildman–Crippen MR) is 96.1 cm³/mol. The Labute approximate surface area is 158 Å². The summed E-state index contributed by atoms with van der Waals surface area (Å²) >= 11 is 0.845. The molecular formula is C16H25N3O5S2. The van der Waals surface area contributed by atoms with Crippen molar-refractivity contribution in [3.8, 4) is 5.88 Å². The Kier molecular flexibility index (Phi) is 5.17. The van der Waals surface area contributed by atoms with Gasteiger partial charge in [0.2, 0.25) is 14.9 Å². The molecule has 1 aliphatic carbocycles. The average Bonchev–Trinajstić information content (AvgIpc) is 3.20. The summed E-state index contributed by atoms with van der Waals surface area (Å²) in [7, 11) is -3.47. The van der Waals surface area contributed by atoms with E-state index in [0.717, 1.165) is 18.1 Å². The number of fused-ring (bicyclic) bond motifs is 2. The molecule has 1 saturated carbocycles. The summed E-state index contributed by atoms with van der Waals surface area (Å²) in [5.41, 5.74) is -0.524. The van der Waals surface area contributed by atoms with Crippen molar-refractivity contribution >= 4 is 27.7 Å². The molecule has 3 unspecified atom stereocenters. The van der Waals surface area contributed by atoms with Crippen LogP contribution in [-0.2, 0) is 14.6 Å². The number of rotatable bonds is 5. The third-order valence-corrected chi connectivity index (χ3v) is 6.99. The van der Waals surface area contributed by atoms with Crippen LogP contribution in [-0.4, -0.2) is 58.2 Å². The van der Waals surface area contributed by atoms with Crippen LogP contribution in [0.5, 0.6) is 5.88 Å². The molecule has 1 saturated heterocycles. The second-order valence-electron chi connectivity index (χ2n) is 7.87. The largest absolute Gasteiger partial charge is 0.471 e. The van der Waals surface area contributed by atoms with E-state index >= 15 is 0 Å². The van der Waals surface area contributed by atoms with Gasteiger partial charge in [-0.25, -0.2) is 13.2 Å². The number of hydrogen-bond acceptors (Lipinski definition) is 8. The summed E-state index contributed by atoms with van der Waals surface area (Å²) in [6.45, 7) is 7.90. The number of piperidine rings is 1. The first-order valence-electron chi connectivity index (χ1n) is 8.82. The van der Waals surface area contributed by atoms with Gasteiger partial charge in [-0.1, -0.05) is 6.92 Å². The summed E-state index contributed by atoms with van der Waals surface area (Å²) in [4.78, 5) is 14.0. The molecule has 1 aliphatic heterocycles. The molecule has 146 valence electrons. The fourth-order valence-electron chi connectivity index (χ4n) is 3.54. The Morgan fingerprint density at radius 2 is 2.04 bits per heavy atom. The number of hydrogen-bond donors (Lipinski definition) is 0. The molecule has 0 radical (unpaired) electrons. The van der Waals surface area contributed by atoms with Gasteiger partial charge < -0.3 is 14.4 Å². The molecule has 2 aliphatic rings. The lowest BCUT2D eigenvalue weighted by Gasteiger charge is -2.32. The number of carbonyl (C=O) groups excluding carboxylic acids is 1. The van der Waals surface area contributed by atoms with Crippen LogP contribution in [0.2, 0.25) is 0 Å². The molecular weight excluding hydrogens is 378 g/mol. The lowest BCUT2D eigenvalue weighted by molar-refractivity contribution is 0.00998. The number of amides is 1. The van der Waals surface area contributed by atoms with E-state index < -0.39 is 15.4 Å². The number of nitrogens with zero attached hydrogens (tertiary/aromatic N) is 3. The maximum absolute atomic E-state index is 12.3. The standard InChI is InChI=1S/C16H25N3O5S2/c1-5-6-26(21,22)14-13(17-25-18-14)23-12-8-11-7-10(12)9-19(11)15(20)24-16(2,3)4/h10-12H,5-9H2,1-4H3. The number of ether oxygens (including phenoxy) is 2. The topological polar surface area (TPSA) is 98.7 Å². The minimum Gasteiger partial charge on any atom is -0.471 e. The summed E-state index contributed by atoms with van der Waals surface area (Å²) in [5, 5.41) is -0.0591. The van der Waals surface area contributed by atoms with Gasteiger partial charge in [0, 0.05) is 24.9 Å². The smallest absolute Gasteiger partial charge is 0.410 e. The first kappa shape index (κ1) is 19.3. The Bertz CT molecular complexity index is 771. The second-order valence-corrected chi connectivity index (χ2v) is 10.4. The molecule has 2 heterocycles. The van der Waals surface area contributed by atoms with Crippen LogP contribution in [0.3, 0.4) is 0 Å². The van der Waals surface area contributed by atoms with Gasteiger partial charge in [0.1, 0.15) is 11.7 Å². The molecule has 0 N–H and O–H groups in total. The SMILES string of the molecule is CCCS(=O)(=O)c1nsnc1OC1CC2CC1CN2C(=O)OC(C)(C)C. The molecule has 0 aromatic carbocycles. The van der Waals surface area contributed by atoms with E-state index in [1.165, 1.54) is 0 Å². The molecule has 10 heteroatoms. The molecule has 2 fully saturated rings. The normalized spacial score (nSPS) is 25.5. The fraction of sp³-hybridized carbons (Fsp3) is 0.812. The third kappa shape index (κ3) is 3.95. The van der Waals surface area contributed by atoms with Gasteiger partial charge in [0.25, 0.3) is 5.88 Å². The third-order valence-electron chi connectivity index (χ3n) is 4.57. The maximum Gasteiger partial charge on any atom is 0.410 e. The van der Waals surface area contributed by atoms with Gasteiger partial charge in [-0.2, -0.15) is 4.37 Å². The van der Waals surface area contributed by atoms with Gasteiger partial charge in [-0.3, -0.25) is 0 Å². The van der Waals surface area contributed by atoms with Crippen LogP contribution in [0, 0.1) is 5.92 Å². The zero-order valence-electron chi connectivity index (χ0n) is 15.5. The van der Waals surface area contributed by atoms with Gasteiger partial charge in [0.05, 0.1) is 17.5 Å². The minimum absolute atomic E-state index is 0.0257. The number of aromatic nitrogens is 2. The molecule has 26 heavy (non-hydrogen) atoms. The van der Waals surface area contributed by atoms with Gasteiger partial charge in [-0.15, -0.1) is 4.37 Å². The summed E-state index contributed by atoms with van der Waals surface area (Å²) in [6.07, 6.45) is 1.54. The van der Waals surface area contributed by atoms with Crippen molar-refractivity contribution in [3.63, 3.8) is 0 Å². The summed E-state index contributed by atoms with van der Waals surface area (Å²) in [6, 6.07) is 0.0575. The highest BCUT2D eigenvalue weighted by Crippen LogP contribution is 2.41. The average molecular weight is 404 g/mol. The van der Waals surface area contributed by atoms with Crippen molar-refractivity contribution in [1.29, 1.82) is 0 Å². The molecule has 1 aromatic rings. The van der Waals surface area contributed by atoms with Crippen molar-refractivity contribution in [1.82, 2.24) is 13.6 Å². The van der Waals surface area contributed by atoms with Crippen LogP contribution in [0.4, 0.5) is 4.79 Å². The minimum atomic E-state index is -3.47. The van der Waals surface area contributed by atoms with E-state index in [2.05, 4.69) is 8.75 Å². The monoisotopic (exact) mass is 403 g/mol. The van der Waals surface area contributed by atoms with E-state index in [1.54, 1.807) is 11.8 Å². The lowest BCUT2D eigenvalue weighted by atomic mass is 10.1. The highest BCUT2D eigenvalue weighted by atomic mass is 32.2. The van der Waals surface area contributed by atoms with Crippen LogP contribution < -0.4 is 4.74 Å². The molecule has 3 atom stereocenters. The van der Waals surface area contributed by atoms with E-state index in [0.29, 0.717) is 19.4 Å². The number of likely N-dealkylation sites (tertiary alicyclic amines) is 1. The van der Waals surface area contributed by atoms with Crippen LogP contribution in [0.1, 0.15) is 47.0 Å². The molecule has 8 nitrogen and oxygen atoms in total. The molecule has 1 aromatic heterocycles. The zero-order chi connectivity index (χ0) is 19.1. The molecule has 0 spiro atoms. The Hall–Kier alpha value is -1.42. The van der Waals surface area contributed by atoms with Crippen molar-refractivity contribution in [2.45, 2.75) is 69.7 Å². The molecule has 2 bridgehead atoms. The van der Waals surface area contributed by atoms with Crippen LogP contribution in [0.25, 0.3) is 0 Å². The van der Waals surface area contributed by atoms with Gasteiger partial charge in [0.15, 0.2) is 0 Å². The predicted octanol–water partition coefficient (Wildman–Crippen LogP) is 2.50. The first-order valence-corrected chi connectivity index (χ1v) is 11.2. The fourth-order valence-corrected chi connectivity index (χ4v) is 5.64. The quantitative estimate of drug-likeness (QED) is 0.745. The van der Waals surface area contributed by atoms with Crippen LogP contribution >= 0.6 is 11.7 Å². The number of sulfone groups is 1. The van der Waals surface area contributed by atoms with E-state index in [9.17, 15) is 13.2 Å². The lowest BCUT2D eigenvalue weighted by Crippen LogP contribution is -2.45. The summed E-state index contributed by atoms with van der Waals surface area (Å²) in [5.74, 6) is 0.276. The van der Waals surface area contributed by atoms with Gasteiger partial charge >= 0.3 is 6.09 Å². The highest BCUT2D eigenvalue weighted by Gasteiger charge is 2.49. The first-order chi connectivity index (χ1) is 12.1. The zero-order valence-corrected chi connectivity index (χ0v) is 17.1. The molecule has 1 amide bonds. The van der Waals surface area contributed by atoms with Crippen molar-refractivity contribution < 1.29 is 22.7 Å². The van der Waals surface area contributed by atoms with Crippen molar-refractivity contribution in [2.24, 2.45) is 5.92 Å². The Balaban J connectivity index is 1.65. The van der Waals surface area contributed by atoms with Crippen molar-refractivity contribution in [2.75, 3.05) is 12.3 Å². The second kappa shape index (κ2) is 6.95. The summed E-state index contributed by atoms with van der Waals surface area (Å²) < 4.78 is 43.9. The van der Waals surface area contributed by atoms with E-state index in [1.807, 2.05) is 20.8 Å². The Morgan fingerprint density at radius 1 is 1.31 bits per heavy atom. The highest BCUT2D eigenvalue weighted by molar-refractivity contribution is 7.91.